The first-order valence-electron chi connectivity index (χ1n) is 8.82. The normalized spacial score (nSPS) is 22.4. The van der Waals surface area contributed by atoms with Gasteiger partial charge in [0.15, 0.2) is 0 Å². The van der Waals surface area contributed by atoms with Gasteiger partial charge in [0.25, 0.3) is 0 Å². The number of rotatable bonds is 7. The monoisotopic (exact) mass is 329 g/mol. The standard InChI is InChI=1S/C17H35N3O3/c1-6-10-22-14-8-7-9-20(12-14)15(11-18)13(2)19-16(21)23-17(3,4)5/h13-15H,6-12,18H2,1-5H3,(H,19,21). The van der Waals surface area contributed by atoms with Gasteiger partial charge in [-0.05, 0) is 53.5 Å². The number of alkyl carbamates (subject to hydrolysis) is 1. The second-order valence-electron chi connectivity index (χ2n) is 7.37. The molecule has 3 unspecified atom stereocenters. The molecule has 0 aromatic carbocycles. The van der Waals surface area contributed by atoms with E-state index in [2.05, 4.69) is 17.1 Å². The van der Waals surface area contributed by atoms with Crippen LogP contribution in [0.5, 0.6) is 0 Å². The molecule has 0 aliphatic carbocycles. The summed E-state index contributed by atoms with van der Waals surface area (Å²) in [6, 6.07) is 0.0234. The molecule has 1 amide bonds. The molecule has 1 rings (SSSR count). The van der Waals surface area contributed by atoms with E-state index < -0.39 is 5.60 Å². The predicted molar refractivity (Wildman–Crippen MR) is 92.5 cm³/mol. The molecule has 6 nitrogen and oxygen atoms in total. The van der Waals surface area contributed by atoms with E-state index in [0.29, 0.717) is 6.54 Å². The van der Waals surface area contributed by atoms with E-state index in [1.165, 1.54) is 0 Å². The molecule has 1 fully saturated rings. The first-order valence-corrected chi connectivity index (χ1v) is 8.82. The van der Waals surface area contributed by atoms with Gasteiger partial charge in [-0.15, -0.1) is 0 Å². The Bertz CT molecular complexity index is 357. The number of nitrogens with one attached hydrogen (secondary N) is 1. The van der Waals surface area contributed by atoms with Gasteiger partial charge in [-0.3, -0.25) is 4.90 Å². The van der Waals surface area contributed by atoms with E-state index in [4.69, 9.17) is 15.2 Å². The maximum atomic E-state index is 12.0. The van der Waals surface area contributed by atoms with Crippen LogP contribution in [0.25, 0.3) is 0 Å². The smallest absolute Gasteiger partial charge is 0.407 e. The van der Waals surface area contributed by atoms with Crippen LogP contribution < -0.4 is 11.1 Å². The third-order valence-corrected chi connectivity index (χ3v) is 4.00. The molecule has 0 spiro atoms. The molecular formula is C17H35N3O3. The molecule has 6 heteroatoms. The Morgan fingerprint density at radius 1 is 1.43 bits per heavy atom. The van der Waals surface area contributed by atoms with Crippen molar-refractivity contribution in [2.45, 2.75) is 77.7 Å². The highest BCUT2D eigenvalue weighted by atomic mass is 16.6. The lowest BCUT2D eigenvalue weighted by molar-refractivity contribution is -0.0162. The highest BCUT2D eigenvalue weighted by Gasteiger charge is 2.30. The third-order valence-electron chi connectivity index (χ3n) is 4.00. The highest BCUT2D eigenvalue weighted by molar-refractivity contribution is 5.68. The van der Waals surface area contributed by atoms with Gasteiger partial charge in [0.05, 0.1) is 6.10 Å². The number of piperidine rings is 1. The van der Waals surface area contributed by atoms with Crippen LogP contribution >= 0.6 is 0 Å². The number of nitrogens with two attached hydrogens (primary N) is 1. The maximum Gasteiger partial charge on any atom is 0.407 e. The van der Waals surface area contributed by atoms with Gasteiger partial charge >= 0.3 is 6.09 Å². The maximum absolute atomic E-state index is 12.0. The Labute approximate surface area is 141 Å². The van der Waals surface area contributed by atoms with Crippen molar-refractivity contribution >= 4 is 6.09 Å². The molecule has 0 aromatic heterocycles. The predicted octanol–water partition coefficient (Wildman–Crippen LogP) is 2.12. The van der Waals surface area contributed by atoms with Crippen LogP contribution in [0.4, 0.5) is 4.79 Å². The Kier molecular flexibility index (Phi) is 8.29. The zero-order valence-electron chi connectivity index (χ0n) is 15.4. The average Bonchev–Trinajstić information content (AvgIpc) is 2.44. The van der Waals surface area contributed by atoms with Gasteiger partial charge in [-0.2, -0.15) is 0 Å². The molecule has 1 heterocycles. The Hall–Kier alpha value is -0.850. The summed E-state index contributed by atoms with van der Waals surface area (Å²) < 4.78 is 11.2. The van der Waals surface area contributed by atoms with Crippen molar-refractivity contribution in [1.82, 2.24) is 10.2 Å². The van der Waals surface area contributed by atoms with Crippen LogP contribution in [-0.2, 0) is 9.47 Å². The minimum atomic E-state index is -0.494. The van der Waals surface area contributed by atoms with Crippen LogP contribution in [0.3, 0.4) is 0 Å². The molecule has 1 saturated heterocycles. The van der Waals surface area contributed by atoms with Gasteiger partial charge in [0.2, 0.25) is 0 Å². The van der Waals surface area contributed by atoms with E-state index in [1.54, 1.807) is 0 Å². The molecule has 3 N–H and O–H groups in total. The summed E-state index contributed by atoms with van der Waals surface area (Å²) in [4.78, 5) is 14.3. The van der Waals surface area contributed by atoms with Crippen LogP contribution in [-0.4, -0.2) is 61.0 Å². The first-order chi connectivity index (χ1) is 10.8. The quantitative estimate of drug-likeness (QED) is 0.748. The lowest BCUT2D eigenvalue weighted by atomic mass is 10.0. The number of carbonyl (C=O) groups is 1. The fourth-order valence-corrected chi connectivity index (χ4v) is 2.95. The number of hydrogen-bond acceptors (Lipinski definition) is 5. The first kappa shape index (κ1) is 20.2. The summed E-state index contributed by atoms with van der Waals surface area (Å²) in [5.74, 6) is 0. The summed E-state index contributed by atoms with van der Waals surface area (Å²) in [5.41, 5.74) is 5.48. The van der Waals surface area contributed by atoms with Crippen molar-refractivity contribution in [1.29, 1.82) is 0 Å². The second kappa shape index (κ2) is 9.45. The van der Waals surface area contributed by atoms with Crippen LogP contribution in [0, 0.1) is 0 Å². The number of amides is 1. The Balaban J connectivity index is 2.55. The molecule has 0 aromatic rings. The summed E-state index contributed by atoms with van der Waals surface area (Å²) >= 11 is 0. The van der Waals surface area contributed by atoms with Gasteiger partial charge < -0.3 is 20.5 Å². The Morgan fingerprint density at radius 3 is 2.70 bits per heavy atom. The Morgan fingerprint density at radius 2 is 2.13 bits per heavy atom. The SMILES string of the molecule is CCCOC1CCCN(C(CN)C(C)NC(=O)OC(C)(C)C)C1. The zero-order chi connectivity index (χ0) is 17.5. The number of ether oxygens (including phenoxy) is 2. The van der Waals surface area contributed by atoms with Crippen LogP contribution in [0.1, 0.15) is 53.9 Å². The fourth-order valence-electron chi connectivity index (χ4n) is 2.95. The van der Waals surface area contributed by atoms with E-state index >= 15 is 0 Å². The van der Waals surface area contributed by atoms with Crippen molar-refractivity contribution in [3.8, 4) is 0 Å². The average molecular weight is 329 g/mol. The van der Waals surface area contributed by atoms with E-state index in [-0.39, 0.29) is 24.3 Å². The highest BCUT2D eigenvalue weighted by Crippen LogP contribution is 2.17. The second-order valence-corrected chi connectivity index (χ2v) is 7.37. The van der Waals surface area contributed by atoms with Crippen LogP contribution in [0.15, 0.2) is 0 Å². The van der Waals surface area contributed by atoms with Crippen molar-refractivity contribution in [2.75, 3.05) is 26.2 Å². The minimum absolute atomic E-state index is 0.0697. The van der Waals surface area contributed by atoms with Gasteiger partial charge in [-0.1, -0.05) is 6.92 Å². The van der Waals surface area contributed by atoms with E-state index in [9.17, 15) is 4.79 Å². The largest absolute Gasteiger partial charge is 0.444 e. The topological polar surface area (TPSA) is 76.8 Å². The molecule has 1 aliphatic heterocycles. The minimum Gasteiger partial charge on any atom is -0.444 e. The molecule has 0 saturated carbocycles. The van der Waals surface area contributed by atoms with Crippen LogP contribution in [0.2, 0.25) is 0 Å². The number of carbonyl (C=O) groups excluding carboxylic acids is 1. The van der Waals surface area contributed by atoms with Gasteiger partial charge in [0, 0.05) is 31.8 Å². The van der Waals surface area contributed by atoms with E-state index in [1.807, 2.05) is 27.7 Å². The number of nitrogens with zero attached hydrogens (tertiary/aromatic N) is 1. The molecular weight excluding hydrogens is 294 g/mol. The summed E-state index contributed by atoms with van der Waals surface area (Å²) in [5, 5.41) is 2.92. The van der Waals surface area contributed by atoms with Gasteiger partial charge in [0.1, 0.15) is 5.60 Å². The fraction of sp³-hybridized carbons (Fsp3) is 0.941. The lowest BCUT2D eigenvalue weighted by Crippen LogP contribution is -2.57. The van der Waals surface area contributed by atoms with E-state index in [0.717, 1.165) is 39.0 Å². The molecule has 0 radical (unpaired) electrons. The number of likely N-dealkylation sites (tertiary alicyclic amines) is 1. The van der Waals surface area contributed by atoms with Crippen molar-refractivity contribution in [3.63, 3.8) is 0 Å². The molecule has 136 valence electrons. The molecule has 3 atom stereocenters. The lowest BCUT2D eigenvalue weighted by Gasteiger charge is -2.40. The molecule has 1 aliphatic rings. The number of hydrogen-bond donors (Lipinski definition) is 2. The summed E-state index contributed by atoms with van der Waals surface area (Å²) in [7, 11) is 0. The van der Waals surface area contributed by atoms with Crippen molar-refractivity contribution in [3.05, 3.63) is 0 Å². The summed E-state index contributed by atoms with van der Waals surface area (Å²) in [6.07, 6.45) is 3.12. The zero-order valence-corrected chi connectivity index (χ0v) is 15.4. The summed E-state index contributed by atoms with van der Waals surface area (Å²) in [6.45, 7) is 12.9. The van der Waals surface area contributed by atoms with Crippen molar-refractivity contribution in [2.24, 2.45) is 5.73 Å². The van der Waals surface area contributed by atoms with Gasteiger partial charge in [-0.25, -0.2) is 4.79 Å². The van der Waals surface area contributed by atoms with Crippen molar-refractivity contribution < 1.29 is 14.3 Å². The molecule has 0 bridgehead atoms. The molecule has 23 heavy (non-hydrogen) atoms. The third kappa shape index (κ3) is 7.50.